The molecule has 4 N–H and O–H groups in total. The fourth-order valence-electron chi connectivity index (χ4n) is 9.54. The number of hydrogen-bond acceptors (Lipinski definition) is 4. The van der Waals surface area contributed by atoms with Gasteiger partial charge in [-0.1, -0.05) is 309 Å². The highest BCUT2D eigenvalue weighted by Crippen LogP contribution is 2.18. The summed E-state index contributed by atoms with van der Waals surface area (Å²) >= 11 is 0. The van der Waals surface area contributed by atoms with Gasteiger partial charge in [-0.2, -0.15) is 0 Å². The molecule has 0 bridgehead atoms. The van der Waals surface area contributed by atoms with E-state index in [2.05, 4.69) is 31.3 Å². The van der Waals surface area contributed by atoms with Crippen molar-refractivity contribution in [2.24, 2.45) is 0 Å². The molecule has 0 aliphatic rings. The van der Waals surface area contributed by atoms with E-state index in [9.17, 15) is 20.1 Å². The first-order chi connectivity index (χ1) is 31.6. The monoisotopic (exact) mass is 904 g/mol. The molecule has 3 unspecified atom stereocenters. The van der Waals surface area contributed by atoms with Crippen LogP contribution < -0.4 is 5.32 Å². The maximum Gasteiger partial charge on any atom is 0.249 e. The molecule has 0 fully saturated rings. The third-order valence-corrected chi connectivity index (χ3v) is 14.1. The summed E-state index contributed by atoms with van der Waals surface area (Å²) in [5.41, 5.74) is 0. The van der Waals surface area contributed by atoms with Gasteiger partial charge in [0.2, 0.25) is 5.91 Å². The summed E-state index contributed by atoms with van der Waals surface area (Å²) in [6, 6.07) is -0.711. The lowest BCUT2D eigenvalue weighted by Gasteiger charge is -2.23. The second-order valence-corrected chi connectivity index (χ2v) is 20.6. The van der Waals surface area contributed by atoms with Crippen molar-refractivity contribution >= 4 is 5.91 Å². The molecular weight excluding hydrogens is 787 g/mol. The van der Waals surface area contributed by atoms with E-state index >= 15 is 0 Å². The third kappa shape index (κ3) is 49.0. The molecule has 0 spiro atoms. The highest BCUT2D eigenvalue weighted by molar-refractivity contribution is 5.80. The number of amides is 1. The fraction of sp³-hybridized carbons (Fsp3) is 0.949. The Morgan fingerprint density at radius 1 is 0.359 bits per heavy atom. The Balaban J connectivity index is 3.51. The molecule has 0 saturated carbocycles. The largest absolute Gasteiger partial charge is 0.394 e. The zero-order chi connectivity index (χ0) is 46.5. The summed E-state index contributed by atoms with van der Waals surface area (Å²) in [7, 11) is 0. The molecule has 64 heavy (non-hydrogen) atoms. The molecule has 0 aromatic heterocycles. The molecule has 0 aliphatic carbocycles. The van der Waals surface area contributed by atoms with Crippen LogP contribution in [0.4, 0.5) is 0 Å². The number of aliphatic hydroxyl groups excluding tert-OH is 3. The first-order valence-corrected chi connectivity index (χ1v) is 29.5. The van der Waals surface area contributed by atoms with Gasteiger partial charge >= 0.3 is 0 Å². The second-order valence-electron chi connectivity index (χ2n) is 20.6. The van der Waals surface area contributed by atoms with Crippen molar-refractivity contribution in [2.75, 3.05) is 6.61 Å². The predicted octanol–water partition coefficient (Wildman–Crippen LogP) is 18.3. The Morgan fingerprint density at radius 3 is 0.859 bits per heavy atom. The van der Waals surface area contributed by atoms with Crippen LogP contribution in [0.5, 0.6) is 0 Å². The molecule has 0 saturated heterocycles. The standard InChI is InChI=1S/C59H117NO4/c1-3-5-7-9-11-13-15-17-19-21-23-25-27-29-30-32-34-36-38-40-42-44-46-48-50-52-54-58(63)59(64)60-56(55-61)57(62)53-51-49-47-45-43-41-39-37-35-33-31-28-26-24-22-20-18-16-14-12-10-8-6-4-2/h29-30,56-58,61-63H,3-28,31-55H2,1-2H3,(H,60,64)/b30-29-. The summed E-state index contributed by atoms with van der Waals surface area (Å²) in [6.07, 6.45) is 68.4. The van der Waals surface area contributed by atoms with Gasteiger partial charge in [0, 0.05) is 0 Å². The van der Waals surface area contributed by atoms with E-state index in [0.29, 0.717) is 12.8 Å². The zero-order valence-electron chi connectivity index (χ0n) is 43.7. The van der Waals surface area contributed by atoms with E-state index in [1.165, 1.54) is 276 Å². The van der Waals surface area contributed by atoms with Gasteiger partial charge in [-0.25, -0.2) is 0 Å². The van der Waals surface area contributed by atoms with Crippen molar-refractivity contribution < 1.29 is 20.1 Å². The maximum atomic E-state index is 12.6. The van der Waals surface area contributed by atoms with E-state index in [1.54, 1.807) is 0 Å². The highest BCUT2D eigenvalue weighted by atomic mass is 16.3. The van der Waals surface area contributed by atoms with Gasteiger partial charge in [-0.3, -0.25) is 4.79 Å². The Kier molecular flexibility index (Phi) is 53.9. The minimum atomic E-state index is -1.07. The van der Waals surface area contributed by atoms with Crippen LogP contribution in [-0.2, 0) is 4.79 Å². The first-order valence-electron chi connectivity index (χ1n) is 29.5. The Bertz CT molecular complexity index is 909. The molecule has 0 aliphatic heterocycles. The Morgan fingerprint density at radius 2 is 0.594 bits per heavy atom. The number of carbonyl (C=O) groups excluding carboxylic acids is 1. The quantitative estimate of drug-likeness (QED) is 0.0362. The minimum Gasteiger partial charge on any atom is -0.394 e. The Hall–Kier alpha value is -0.910. The number of carbonyl (C=O) groups is 1. The first kappa shape index (κ1) is 63.1. The van der Waals surface area contributed by atoms with E-state index in [4.69, 9.17) is 0 Å². The Labute approximate surface area is 401 Å². The number of allylic oxidation sites excluding steroid dienone is 2. The van der Waals surface area contributed by atoms with Gasteiger partial charge < -0.3 is 20.6 Å². The SMILES string of the molecule is CCCCCCCCCCCCCC/C=C\CCCCCCCCCCCCC(O)C(=O)NC(CO)C(O)CCCCCCCCCCCCCCCCCCCCCCCCCC. The van der Waals surface area contributed by atoms with Crippen LogP contribution in [0.2, 0.25) is 0 Å². The van der Waals surface area contributed by atoms with Crippen LogP contribution in [0, 0.1) is 0 Å². The van der Waals surface area contributed by atoms with Gasteiger partial charge in [0.1, 0.15) is 6.10 Å². The van der Waals surface area contributed by atoms with Gasteiger partial charge in [0.25, 0.3) is 0 Å². The lowest BCUT2D eigenvalue weighted by atomic mass is 10.0. The van der Waals surface area contributed by atoms with E-state index in [-0.39, 0.29) is 6.61 Å². The molecule has 0 rings (SSSR count). The summed E-state index contributed by atoms with van der Waals surface area (Å²) in [4.78, 5) is 12.6. The minimum absolute atomic E-state index is 0.310. The van der Waals surface area contributed by atoms with Crippen LogP contribution in [0.1, 0.15) is 335 Å². The summed E-state index contributed by atoms with van der Waals surface area (Å²) in [5, 5.41) is 33.6. The van der Waals surface area contributed by atoms with Crippen molar-refractivity contribution in [2.45, 2.75) is 353 Å². The molecule has 0 radical (unpaired) electrons. The average molecular weight is 905 g/mol. The average Bonchev–Trinajstić information content (AvgIpc) is 3.30. The summed E-state index contributed by atoms with van der Waals surface area (Å²) in [5.74, 6) is -0.465. The maximum absolute atomic E-state index is 12.6. The predicted molar refractivity (Wildman–Crippen MR) is 282 cm³/mol. The van der Waals surface area contributed by atoms with Gasteiger partial charge in [-0.15, -0.1) is 0 Å². The van der Waals surface area contributed by atoms with Crippen LogP contribution in [0.25, 0.3) is 0 Å². The molecule has 0 aromatic rings. The molecular formula is C59H117NO4. The van der Waals surface area contributed by atoms with Crippen molar-refractivity contribution in [1.29, 1.82) is 0 Å². The normalized spacial score (nSPS) is 13.3. The van der Waals surface area contributed by atoms with Crippen molar-refractivity contribution in [3.05, 3.63) is 12.2 Å². The van der Waals surface area contributed by atoms with E-state index < -0.39 is 24.2 Å². The molecule has 3 atom stereocenters. The zero-order valence-corrected chi connectivity index (χ0v) is 43.7. The second kappa shape index (κ2) is 54.7. The number of aliphatic hydroxyl groups is 3. The molecule has 5 heteroatoms. The van der Waals surface area contributed by atoms with Crippen molar-refractivity contribution in [3.63, 3.8) is 0 Å². The van der Waals surface area contributed by atoms with Crippen molar-refractivity contribution in [1.82, 2.24) is 5.32 Å². The lowest BCUT2D eigenvalue weighted by Crippen LogP contribution is -2.49. The molecule has 382 valence electrons. The van der Waals surface area contributed by atoms with Crippen LogP contribution in [0.3, 0.4) is 0 Å². The molecule has 0 aromatic carbocycles. The fourth-order valence-corrected chi connectivity index (χ4v) is 9.54. The number of hydrogen-bond donors (Lipinski definition) is 4. The van der Waals surface area contributed by atoms with E-state index in [1.807, 2.05) is 0 Å². The van der Waals surface area contributed by atoms with Gasteiger partial charge in [0.15, 0.2) is 0 Å². The van der Waals surface area contributed by atoms with Crippen LogP contribution in [0.15, 0.2) is 12.2 Å². The summed E-state index contributed by atoms with van der Waals surface area (Å²) < 4.78 is 0. The lowest BCUT2D eigenvalue weighted by molar-refractivity contribution is -0.131. The number of rotatable bonds is 55. The van der Waals surface area contributed by atoms with Gasteiger partial charge in [-0.05, 0) is 38.5 Å². The highest BCUT2D eigenvalue weighted by Gasteiger charge is 2.23. The van der Waals surface area contributed by atoms with Gasteiger partial charge in [0.05, 0.1) is 18.8 Å². The van der Waals surface area contributed by atoms with Crippen LogP contribution in [-0.4, -0.2) is 46.1 Å². The van der Waals surface area contributed by atoms with E-state index in [0.717, 1.165) is 32.1 Å². The number of unbranched alkanes of at least 4 members (excludes halogenated alkanes) is 45. The smallest absolute Gasteiger partial charge is 0.249 e. The van der Waals surface area contributed by atoms with Crippen LogP contribution >= 0.6 is 0 Å². The molecule has 0 heterocycles. The van der Waals surface area contributed by atoms with Crippen molar-refractivity contribution in [3.8, 4) is 0 Å². The third-order valence-electron chi connectivity index (χ3n) is 14.1. The molecule has 1 amide bonds. The number of nitrogens with one attached hydrogen (secondary N) is 1. The summed E-state index contributed by atoms with van der Waals surface area (Å²) in [6.45, 7) is 4.28. The topological polar surface area (TPSA) is 89.8 Å². The molecule has 5 nitrogen and oxygen atoms in total.